The van der Waals surface area contributed by atoms with Gasteiger partial charge in [-0.1, -0.05) is 30.7 Å². The van der Waals surface area contributed by atoms with Gasteiger partial charge in [-0.05, 0) is 68.9 Å². The molecule has 0 spiro atoms. The molecule has 1 amide bonds. The summed E-state index contributed by atoms with van der Waals surface area (Å²) in [6.45, 7) is 7.28. The first-order chi connectivity index (χ1) is 20.0. The summed E-state index contributed by atoms with van der Waals surface area (Å²) >= 11 is 0. The molecule has 0 bridgehead atoms. The van der Waals surface area contributed by atoms with Gasteiger partial charge in [0.15, 0.2) is 11.5 Å². The van der Waals surface area contributed by atoms with Gasteiger partial charge in [-0.2, -0.15) is 0 Å². The minimum absolute atomic E-state index is 0.0602. The van der Waals surface area contributed by atoms with Crippen LogP contribution in [0.1, 0.15) is 35.3 Å². The number of anilines is 1. The van der Waals surface area contributed by atoms with Crippen molar-refractivity contribution in [2.45, 2.75) is 44.4 Å². The van der Waals surface area contributed by atoms with E-state index in [9.17, 15) is 18.3 Å². The lowest BCUT2D eigenvalue weighted by Crippen LogP contribution is -2.49. The number of hydrogen-bond acceptors (Lipinski definition) is 8. The summed E-state index contributed by atoms with van der Waals surface area (Å²) in [6, 6.07) is 16.7. The normalized spacial score (nSPS) is 19.1. The van der Waals surface area contributed by atoms with Gasteiger partial charge in [-0.15, -0.1) is 0 Å². The van der Waals surface area contributed by atoms with Gasteiger partial charge in [0, 0.05) is 31.2 Å². The van der Waals surface area contributed by atoms with Gasteiger partial charge >= 0.3 is 0 Å². The molecule has 0 saturated heterocycles. The van der Waals surface area contributed by atoms with Crippen molar-refractivity contribution >= 4 is 21.6 Å². The third-order valence-electron chi connectivity index (χ3n) is 7.63. The van der Waals surface area contributed by atoms with E-state index in [4.69, 9.17) is 14.2 Å². The fourth-order valence-electron chi connectivity index (χ4n) is 5.16. The van der Waals surface area contributed by atoms with E-state index < -0.39 is 16.1 Å². The highest BCUT2D eigenvalue weighted by Gasteiger charge is 2.34. The van der Waals surface area contributed by atoms with Gasteiger partial charge in [0.2, 0.25) is 6.79 Å². The molecule has 0 unspecified atom stereocenters. The van der Waals surface area contributed by atoms with Gasteiger partial charge in [0.25, 0.3) is 15.9 Å². The number of nitrogens with one attached hydrogen (secondary N) is 1. The molecule has 3 atom stereocenters. The van der Waals surface area contributed by atoms with Crippen LogP contribution >= 0.6 is 0 Å². The maximum absolute atomic E-state index is 13.7. The van der Waals surface area contributed by atoms with Crippen LogP contribution in [0.15, 0.2) is 65.6 Å². The van der Waals surface area contributed by atoms with E-state index in [1.807, 2.05) is 39.1 Å². The number of carbonyl (C=O) groups is 1. The average molecular weight is 596 g/mol. The molecule has 2 aliphatic rings. The van der Waals surface area contributed by atoms with Crippen molar-refractivity contribution in [2.75, 3.05) is 38.3 Å². The Bertz CT molecular complexity index is 1540. The molecule has 0 fully saturated rings. The van der Waals surface area contributed by atoms with Gasteiger partial charge in [-0.3, -0.25) is 14.4 Å². The number of rotatable bonds is 9. The van der Waals surface area contributed by atoms with Gasteiger partial charge in [0.05, 0.1) is 23.1 Å². The summed E-state index contributed by atoms with van der Waals surface area (Å²) in [5.74, 6) is 1.43. The van der Waals surface area contributed by atoms with Gasteiger partial charge in [0.1, 0.15) is 11.9 Å². The van der Waals surface area contributed by atoms with Crippen molar-refractivity contribution in [1.29, 1.82) is 0 Å². The largest absolute Gasteiger partial charge is 0.488 e. The number of amides is 1. The molecule has 2 N–H and O–H groups in total. The molecule has 0 radical (unpaired) electrons. The number of aliphatic hydroxyl groups is 1. The Hall–Kier alpha value is -3.80. The van der Waals surface area contributed by atoms with Crippen molar-refractivity contribution in [3.8, 4) is 17.2 Å². The smallest absolute Gasteiger partial charge is 0.261 e. The van der Waals surface area contributed by atoms with Crippen LogP contribution in [0.4, 0.5) is 5.69 Å². The fourth-order valence-corrected chi connectivity index (χ4v) is 6.21. The highest BCUT2D eigenvalue weighted by Crippen LogP contribution is 2.34. The predicted octanol–water partition coefficient (Wildman–Crippen LogP) is 3.88. The number of likely N-dealkylation sites (N-methyl/N-ethyl adjacent to an activating group) is 1. The van der Waals surface area contributed by atoms with Crippen molar-refractivity contribution < 1.29 is 32.5 Å². The van der Waals surface area contributed by atoms with E-state index in [1.165, 1.54) is 18.2 Å². The minimum atomic E-state index is -3.87. The number of fused-ring (bicyclic) bond motifs is 2. The predicted molar refractivity (Wildman–Crippen MR) is 158 cm³/mol. The van der Waals surface area contributed by atoms with Crippen LogP contribution in [0.25, 0.3) is 0 Å². The molecule has 2 heterocycles. The molecule has 224 valence electrons. The topological polar surface area (TPSA) is 118 Å². The molecule has 0 aliphatic carbocycles. The third kappa shape index (κ3) is 6.48. The monoisotopic (exact) mass is 595 g/mol. The Morgan fingerprint density at radius 1 is 1.05 bits per heavy atom. The summed E-state index contributed by atoms with van der Waals surface area (Å²) in [7, 11) is -1.87. The Labute approximate surface area is 246 Å². The van der Waals surface area contributed by atoms with Crippen molar-refractivity contribution in [3.63, 3.8) is 0 Å². The van der Waals surface area contributed by atoms with Crippen LogP contribution in [-0.4, -0.2) is 74.9 Å². The summed E-state index contributed by atoms with van der Waals surface area (Å²) in [5, 5.41) is 9.95. The number of aryl methyl sites for hydroxylation is 1. The average Bonchev–Trinajstić information content (AvgIpc) is 3.43. The Morgan fingerprint density at radius 3 is 2.50 bits per heavy atom. The van der Waals surface area contributed by atoms with E-state index in [0.29, 0.717) is 25.4 Å². The van der Waals surface area contributed by atoms with E-state index >= 15 is 0 Å². The number of carbonyl (C=O) groups excluding carboxylic acids is 1. The highest BCUT2D eigenvalue weighted by atomic mass is 32.2. The third-order valence-corrected chi connectivity index (χ3v) is 9.03. The second-order valence-electron chi connectivity index (χ2n) is 11.1. The van der Waals surface area contributed by atoms with Crippen molar-refractivity contribution in [2.24, 2.45) is 5.92 Å². The molecule has 11 heteroatoms. The summed E-state index contributed by atoms with van der Waals surface area (Å²) in [6.07, 6.45) is -0.292. The lowest BCUT2D eigenvalue weighted by Gasteiger charge is -2.38. The zero-order valence-electron chi connectivity index (χ0n) is 24.2. The molecular weight excluding hydrogens is 558 g/mol. The lowest BCUT2D eigenvalue weighted by molar-refractivity contribution is 0.0341. The minimum Gasteiger partial charge on any atom is -0.488 e. The van der Waals surface area contributed by atoms with Crippen LogP contribution in [0.5, 0.6) is 17.2 Å². The standard InChI is InChI=1S/C31H37N3O7S/c1-20-5-9-25(10-6-20)42(37,38)32-24-8-12-27-26(14-24)31(36)34(22(3)18-35)15-21(2)30(41-27)17-33(4)16-23-7-11-28-29(13-23)40-19-39-28/h5-14,21-22,30,32,35H,15-19H2,1-4H3/t21-,22-,30+/m0/s1. The first kappa shape index (κ1) is 29.7. The number of ether oxygens (including phenoxy) is 3. The van der Waals surface area contributed by atoms with Crippen molar-refractivity contribution in [1.82, 2.24) is 9.80 Å². The highest BCUT2D eigenvalue weighted by molar-refractivity contribution is 7.92. The molecule has 2 aliphatic heterocycles. The second-order valence-corrected chi connectivity index (χ2v) is 12.8. The number of sulfonamides is 1. The zero-order valence-corrected chi connectivity index (χ0v) is 25.1. The lowest BCUT2D eigenvalue weighted by atomic mass is 9.99. The summed E-state index contributed by atoms with van der Waals surface area (Å²) < 4.78 is 46.1. The molecular formula is C31H37N3O7S. The Kier molecular flexibility index (Phi) is 8.63. The van der Waals surface area contributed by atoms with Gasteiger partial charge in [-0.25, -0.2) is 8.42 Å². The number of nitrogens with zero attached hydrogens (tertiary/aromatic N) is 2. The number of benzene rings is 3. The van der Waals surface area contributed by atoms with Crippen molar-refractivity contribution in [3.05, 3.63) is 77.4 Å². The Balaban J connectivity index is 1.40. The van der Waals surface area contributed by atoms with Crippen LogP contribution in [0, 0.1) is 12.8 Å². The fraction of sp³-hybridized carbons (Fsp3) is 0.387. The summed E-state index contributed by atoms with van der Waals surface area (Å²) in [4.78, 5) is 17.6. The zero-order chi connectivity index (χ0) is 30.0. The van der Waals surface area contributed by atoms with Crippen LogP contribution in [0.3, 0.4) is 0 Å². The molecule has 10 nitrogen and oxygen atoms in total. The SMILES string of the molecule is Cc1ccc(S(=O)(=O)Nc2ccc3c(c2)C(=O)N([C@@H](C)CO)C[C@H](C)[C@@H](CN(C)Cc2ccc4c(c2)OCO4)O3)cc1. The van der Waals surface area contributed by atoms with Gasteiger partial charge < -0.3 is 24.2 Å². The van der Waals surface area contributed by atoms with Crippen LogP contribution in [-0.2, 0) is 16.6 Å². The molecule has 0 aromatic heterocycles. The Morgan fingerprint density at radius 2 is 1.76 bits per heavy atom. The first-order valence-corrected chi connectivity index (χ1v) is 15.4. The van der Waals surface area contributed by atoms with E-state index in [2.05, 4.69) is 9.62 Å². The van der Waals surface area contributed by atoms with Crippen LogP contribution in [0.2, 0.25) is 0 Å². The maximum atomic E-state index is 13.7. The number of hydrogen-bond donors (Lipinski definition) is 2. The summed E-state index contributed by atoms with van der Waals surface area (Å²) in [5.41, 5.74) is 2.49. The number of aliphatic hydroxyl groups excluding tert-OH is 1. The van der Waals surface area contributed by atoms with E-state index in [0.717, 1.165) is 22.6 Å². The molecule has 42 heavy (non-hydrogen) atoms. The maximum Gasteiger partial charge on any atom is 0.261 e. The molecule has 3 aromatic carbocycles. The first-order valence-electron chi connectivity index (χ1n) is 13.9. The van der Waals surface area contributed by atoms with E-state index in [1.54, 1.807) is 36.1 Å². The molecule has 0 saturated carbocycles. The second kappa shape index (κ2) is 12.2. The van der Waals surface area contributed by atoms with E-state index in [-0.39, 0.29) is 47.5 Å². The van der Waals surface area contributed by atoms with Crippen LogP contribution < -0.4 is 18.9 Å². The molecule has 5 rings (SSSR count). The molecule has 3 aromatic rings. The quantitative estimate of drug-likeness (QED) is 0.383.